The molecule has 0 N–H and O–H groups in total. The van der Waals surface area contributed by atoms with Crippen molar-refractivity contribution < 1.29 is 9.53 Å². The molecule has 4 rings (SSSR count). The van der Waals surface area contributed by atoms with Crippen LogP contribution in [0.4, 0.5) is 0 Å². The second kappa shape index (κ2) is 9.80. The highest BCUT2D eigenvalue weighted by Crippen LogP contribution is 2.68. The smallest absolute Gasteiger partial charge is 0.302 e. The Kier molecular flexibility index (Phi) is 7.57. The highest BCUT2D eigenvalue weighted by atomic mass is 16.5. The van der Waals surface area contributed by atoms with Crippen LogP contribution < -0.4 is 0 Å². The molecule has 0 aromatic carbocycles. The second-order valence-corrected chi connectivity index (χ2v) is 13.6. The third-order valence-corrected chi connectivity index (χ3v) is 11.0. The number of esters is 1. The molecule has 4 fully saturated rings. The van der Waals surface area contributed by atoms with Crippen molar-refractivity contribution >= 4 is 5.97 Å². The Bertz CT molecular complexity index is 683. The normalized spacial score (nSPS) is 42.8. The average molecular weight is 461 g/mol. The van der Waals surface area contributed by atoms with Gasteiger partial charge in [-0.25, -0.2) is 0 Å². The second-order valence-electron chi connectivity index (χ2n) is 13.6. The van der Waals surface area contributed by atoms with Crippen LogP contribution in [0.15, 0.2) is 0 Å². The van der Waals surface area contributed by atoms with E-state index in [1.807, 2.05) is 0 Å². The first kappa shape index (κ1) is 25.5. The summed E-state index contributed by atoms with van der Waals surface area (Å²) in [6, 6.07) is 0. The van der Waals surface area contributed by atoms with Gasteiger partial charge < -0.3 is 14.5 Å². The van der Waals surface area contributed by atoms with Crippen LogP contribution in [0, 0.1) is 46.3 Å². The summed E-state index contributed by atoms with van der Waals surface area (Å²) in [6.07, 6.45) is 13.6. The van der Waals surface area contributed by atoms with Gasteiger partial charge in [-0.2, -0.15) is 0 Å². The van der Waals surface area contributed by atoms with Gasteiger partial charge in [-0.15, -0.1) is 0 Å². The molecule has 0 bridgehead atoms. The minimum absolute atomic E-state index is 0.0930. The Balaban J connectivity index is 1.45. The molecule has 0 aromatic rings. The molecule has 4 aliphatic rings. The zero-order valence-corrected chi connectivity index (χ0v) is 22.7. The number of carbonyl (C=O) groups is 1. The molecule has 0 saturated heterocycles. The van der Waals surface area contributed by atoms with Crippen molar-refractivity contribution in [1.29, 1.82) is 0 Å². The Hall–Kier alpha value is -0.610. The van der Waals surface area contributed by atoms with Gasteiger partial charge in [0.25, 0.3) is 0 Å². The number of rotatable bonds is 7. The molecule has 0 unspecified atom stereocenters. The van der Waals surface area contributed by atoms with Crippen molar-refractivity contribution in [2.45, 2.75) is 91.1 Å². The lowest BCUT2D eigenvalue weighted by Gasteiger charge is -2.61. The third-order valence-electron chi connectivity index (χ3n) is 11.0. The first-order chi connectivity index (χ1) is 15.5. The number of hydrogen-bond acceptors (Lipinski definition) is 4. The van der Waals surface area contributed by atoms with E-state index in [1.54, 1.807) is 6.92 Å². The van der Waals surface area contributed by atoms with E-state index in [9.17, 15) is 4.79 Å². The molecule has 0 radical (unpaired) electrons. The van der Waals surface area contributed by atoms with Gasteiger partial charge in [0.1, 0.15) is 6.10 Å². The molecule has 0 aromatic heterocycles. The summed E-state index contributed by atoms with van der Waals surface area (Å²) in [4.78, 5) is 16.3. The minimum Gasteiger partial charge on any atom is -0.463 e. The van der Waals surface area contributed by atoms with Crippen LogP contribution in [0.2, 0.25) is 0 Å². The standard InChI is InChI=1S/C29H52N2O2/c1-20(32)33-24-12-14-28(2)23(17-24)8-10-25-26-11-9-22(29(26,3)15-13-27(25)28)16-21(18-30(4)5)19-31(6)7/h21-27H,8-19H2,1-7H3/t22-,23+,24-,25+,26+,27+,28+,29-/m1/s1. The maximum atomic E-state index is 11.5. The van der Waals surface area contributed by atoms with E-state index in [2.05, 4.69) is 51.8 Å². The summed E-state index contributed by atoms with van der Waals surface area (Å²) in [6.45, 7) is 9.32. The number of carbonyl (C=O) groups excluding carboxylic acids is 1. The lowest BCUT2D eigenvalue weighted by Crippen LogP contribution is -2.54. The van der Waals surface area contributed by atoms with Gasteiger partial charge in [-0.05, 0) is 139 Å². The van der Waals surface area contributed by atoms with Gasteiger partial charge in [-0.1, -0.05) is 13.8 Å². The van der Waals surface area contributed by atoms with E-state index in [-0.39, 0.29) is 12.1 Å². The number of hydrogen-bond donors (Lipinski definition) is 0. The molecule has 4 aliphatic carbocycles. The summed E-state index contributed by atoms with van der Waals surface area (Å²) in [5.74, 6) is 5.10. The maximum absolute atomic E-state index is 11.5. The lowest BCUT2D eigenvalue weighted by molar-refractivity contribution is -0.160. The van der Waals surface area contributed by atoms with E-state index >= 15 is 0 Å². The van der Waals surface area contributed by atoms with Crippen LogP contribution >= 0.6 is 0 Å². The molecular formula is C29H52N2O2. The largest absolute Gasteiger partial charge is 0.463 e. The predicted molar refractivity (Wildman–Crippen MR) is 136 cm³/mol. The molecular weight excluding hydrogens is 408 g/mol. The van der Waals surface area contributed by atoms with Crippen molar-refractivity contribution in [3.05, 3.63) is 0 Å². The zero-order valence-electron chi connectivity index (χ0n) is 22.7. The molecule has 4 nitrogen and oxygen atoms in total. The number of ether oxygens (including phenoxy) is 1. The van der Waals surface area contributed by atoms with Gasteiger partial charge in [0.15, 0.2) is 0 Å². The van der Waals surface area contributed by atoms with E-state index in [4.69, 9.17) is 4.74 Å². The fourth-order valence-corrected chi connectivity index (χ4v) is 9.70. The molecule has 0 spiro atoms. The molecule has 0 heterocycles. The number of fused-ring (bicyclic) bond motifs is 5. The SMILES string of the molecule is CC(=O)O[C@@H]1CC[C@@]2(C)[C@@H](CC[C@@H]3[C@@H]2CC[C@]2(C)[C@@H](CC(CN(C)C)CN(C)C)CC[C@@H]32)C1. The molecule has 8 atom stereocenters. The van der Waals surface area contributed by atoms with E-state index in [1.165, 1.54) is 64.5 Å². The van der Waals surface area contributed by atoms with Gasteiger partial charge in [0.05, 0.1) is 0 Å². The summed E-state index contributed by atoms with van der Waals surface area (Å²) in [7, 11) is 8.95. The van der Waals surface area contributed by atoms with Gasteiger partial charge in [0.2, 0.25) is 0 Å². The Labute approximate surface area is 204 Å². The first-order valence-corrected chi connectivity index (χ1v) is 14.0. The van der Waals surface area contributed by atoms with Crippen LogP contribution in [0.3, 0.4) is 0 Å². The van der Waals surface area contributed by atoms with Crippen molar-refractivity contribution in [2.75, 3.05) is 41.3 Å². The Morgan fingerprint density at radius 3 is 2.15 bits per heavy atom. The quantitative estimate of drug-likeness (QED) is 0.456. The van der Waals surface area contributed by atoms with Crippen LogP contribution in [-0.4, -0.2) is 63.2 Å². The van der Waals surface area contributed by atoms with Gasteiger partial charge in [-0.3, -0.25) is 4.79 Å². The van der Waals surface area contributed by atoms with Crippen molar-refractivity contribution in [3.8, 4) is 0 Å². The molecule has 4 heteroatoms. The highest BCUT2D eigenvalue weighted by Gasteiger charge is 2.60. The molecule has 190 valence electrons. The maximum Gasteiger partial charge on any atom is 0.302 e. The fourth-order valence-electron chi connectivity index (χ4n) is 9.70. The molecule has 0 amide bonds. The molecule has 0 aliphatic heterocycles. The van der Waals surface area contributed by atoms with Crippen molar-refractivity contribution in [3.63, 3.8) is 0 Å². The summed E-state index contributed by atoms with van der Waals surface area (Å²) in [5.41, 5.74) is 1.02. The monoisotopic (exact) mass is 460 g/mol. The van der Waals surface area contributed by atoms with Crippen LogP contribution in [0.1, 0.15) is 85.0 Å². The first-order valence-electron chi connectivity index (χ1n) is 14.0. The van der Waals surface area contributed by atoms with Crippen molar-refractivity contribution in [1.82, 2.24) is 9.80 Å². The lowest BCUT2D eigenvalue weighted by atomic mass is 9.44. The average Bonchev–Trinajstić information content (AvgIpc) is 3.03. The number of nitrogens with zero attached hydrogens (tertiary/aromatic N) is 2. The van der Waals surface area contributed by atoms with Gasteiger partial charge >= 0.3 is 5.97 Å². The van der Waals surface area contributed by atoms with E-state index in [0.29, 0.717) is 10.8 Å². The summed E-state index contributed by atoms with van der Waals surface area (Å²) < 4.78 is 5.67. The molecule has 4 saturated carbocycles. The van der Waals surface area contributed by atoms with E-state index in [0.717, 1.165) is 48.3 Å². The predicted octanol–water partition coefficient (Wildman–Crippen LogP) is 5.71. The van der Waals surface area contributed by atoms with E-state index < -0.39 is 0 Å². The topological polar surface area (TPSA) is 32.8 Å². The summed E-state index contributed by atoms with van der Waals surface area (Å²) in [5, 5.41) is 0. The van der Waals surface area contributed by atoms with Crippen LogP contribution in [0.5, 0.6) is 0 Å². The highest BCUT2D eigenvalue weighted by molar-refractivity contribution is 5.66. The summed E-state index contributed by atoms with van der Waals surface area (Å²) >= 11 is 0. The minimum atomic E-state index is -0.0930. The third kappa shape index (κ3) is 5.03. The fraction of sp³-hybridized carbons (Fsp3) is 0.966. The molecule has 33 heavy (non-hydrogen) atoms. The van der Waals surface area contributed by atoms with Crippen LogP contribution in [0.25, 0.3) is 0 Å². The van der Waals surface area contributed by atoms with Gasteiger partial charge in [0, 0.05) is 20.0 Å². The Morgan fingerprint density at radius 2 is 1.52 bits per heavy atom. The van der Waals surface area contributed by atoms with Crippen molar-refractivity contribution in [2.24, 2.45) is 46.3 Å². The van der Waals surface area contributed by atoms with Crippen LogP contribution in [-0.2, 0) is 9.53 Å². The zero-order chi connectivity index (χ0) is 24.0. The Morgan fingerprint density at radius 1 is 0.879 bits per heavy atom.